The third kappa shape index (κ3) is 4.30. The molecule has 10 nitrogen and oxygen atoms in total. The van der Waals surface area contributed by atoms with Gasteiger partial charge in [-0.2, -0.15) is 4.98 Å². The number of aryl methyl sites for hydroxylation is 1. The van der Waals surface area contributed by atoms with Crippen LogP contribution in [0, 0.1) is 12.3 Å². The van der Waals surface area contributed by atoms with Crippen LogP contribution in [-0.4, -0.2) is 39.6 Å². The van der Waals surface area contributed by atoms with Gasteiger partial charge in [-0.25, -0.2) is 10.3 Å². The molecule has 0 radical (unpaired) electrons. The molecule has 2 heterocycles. The summed E-state index contributed by atoms with van der Waals surface area (Å²) in [5, 5.41) is 10.4. The number of hydrogen-bond acceptors (Lipinski definition) is 5. The zero-order chi connectivity index (χ0) is 19.4. The molecule has 0 bridgehead atoms. The lowest BCUT2D eigenvalue weighted by molar-refractivity contribution is 0.0779. The molecule has 140 valence electrons. The standard InChI is InChI=1S/C17H19N7O3/c1-10-8-12-9-24(17(26)22-14(12)21-10)13-4-2-11(3-5-13)15(25)20-6-7-27-23-16(18)19/h2-5,8-9H,6-7H2,1H3,(H,20,25)(H4,18,19,23)(H,21,22,26). The summed E-state index contributed by atoms with van der Waals surface area (Å²) in [4.78, 5) is 36.2. The Kier molecular flexibility index (Phi) is 5.18. The number of hydrogen-bond donors (Lipinski definition) is 5. The van der Waals surface area contributed by atoms with E-state index in [1.54, 1.807) is 30.5 Å². The Balaban J connectivity index is 1.68. The van der Waals surface area contributed by atoms with E-state index < -0.39 is 5.69 Å². The molecule has 3 aromatic rings. The smallest absolute Gasteiger partial charge is 0.354 e. The van der Waals surface area contributed by atoms with Crippen molar-refractivity contribution in [1.82, 2.24) is 25.3 Å². The molecule has 10 heteroatoms. The van der Waals surface area contributed by atoms with E-state index in [9.17, 15) is 9.59 Å². The van der Waals surface area contributed by atoms with Gasteiger partial charge >= 0.3 is 5.69 Å². The van der Waals surface area contributed by atoms with Gasteiger partial charge in [0.25, 0.3) is 5.91 Å². The monoisotopic (exact) mass is 369 g/mol. The van der Waals surface area contributed by atoms with Crippen LogP contribution in [0.15, 0.2) is 41.3 Å². The Hall–Kier alpha value is -3.66. The highest BCUT2D eigenvalue weighted by molar-refractivity contribution is 5.94. The molecule has 27 heavy (non-hydrogen) atoms. The van der Waals surface area contributed by atoms with E-state index in [1.165, 1.54) is 4.57 Å². The first-order chi connectivity index (χ1) is 12.9. The van der Waals surface area contributed by atoms with Crippen molar-refractivity contribution >= 4 is 22.9 Å². The zero-order valence-electron chi connectivity index (χ0n) is 14.6. The van der Waals surface area contributed by atoms with Gasteiger partial charge in [-0.3, -0.25) is 19.6 Å². The Bertz CT molecular complexity index is 1040. The quantitative estimate of drug-likeness (QED) is 0.181. The van der Waals surface area contributed by atoms with Crippen LogP contribution < -0.4 is 22.2 Å². The van der Waals surface area contributed by atoms with Gasteiger partial charge in [0.15, 0.2) is 0 Å². The van der Waals surface area contributed by atoms with Crippen LogP contribution in [0.5, 0.6) is 0 Å². The number of amides is 1. The average Bonchev–Trinajstić information content (AvgIpc) is 2.99. The number of carbonyl (C=O) groups excluding carboxylic acids is 1. The Labute approximate surface area is 153 Å². The van der Waals surface area contributed by atoms with Gasteiger partial charge in [0.05, 0.1) is 12.3 Å². The van der Waals surface area contributed by atoms with Crippen LogP contribution in [0.2, 0.25) is 0 Å². The number of benzene rings is 1. The second-order valence-corrected chi connectivity index (χ2v) is 5.82. The summed E-state index contributed by atoms with van der Waals surface area (Å²) in [6.45, 7) is 2.29. The van der Waals surface area contributed by atoms with Crippen molar-refractivity contribution < 1.29 is 9.63 Å². The van der Waals surface area contributed by atoms with E-state index in [4.69, 9.17) is 16.0 Å². The third-order valence-corrected chi connectivity index (χ3v) is 3.72. The van der Waals surface area contributed by atoms with Crippen molar-refractivity contribution in [2.75, 3.05) is 13.2 Å². The van der Waals surface area contributed by atoms with E-state index in [1.807, 2.05) is 13.0 Å². The van der Waals surface area contributed by atoms with Crippen molar-refractivity contribution in [3.05, 3.63) is 58.3 Å². The third-order valence-electron chi connectivity index (χ3n) is 3.72. The van der Waals surface area contributed by atoms with Crippen LogP contribution in [0.1, 0.15) is 16.1 Å². The van der Waals surface area contributed by atoms with Crippen molar-refractivity contribution in [3.63, 3.8) is 0 Å². The molecule has 1 amide bonds. The molecule has 0 saturated heterocycles. The maximum absolute atomic E-state index is 12.2. The maximum Gasteiger partial charge on any atom is 0.354 e. The number of nitrogens with zero attached hydrogens (tertiary/aromatic N) is 2. The van der Waals surface area contributed by atoms with Gasteiger partial charge in [0.2, 0.25) is 5.96 Å². The van der Waals surface area contributed by atoms with Crippen LogP contribution >= 0.6 is 0 Å². The molecule has 0 aliphatic heterocycles. The number of rotatable bonds is 6. The van der Waals surface area contributed by atoms with Crippen molar-refractivity contribution in [1.29, 1.82) is 5.41 Å². The minimum atomic E-state index is -0.406. The van der Waals surface area contributed by atoms with E-state index in [-0.39, 0.29) is 25.0 Å². The topological polar surface area (TPSA) is 151 Å². The molecule has 0 aliphatic carbocycles. The number of guanidine groups is 1. The first-order valence-electron chi connectivity index (χ1n) is 8.13. The van der Waals surface area contributed by atoms with Gasteiger partial charge in [-0.05, 0) is 37.3 Å². The van der Waals surface area contributed by atoms with Gasteiger partial charge in [-0.1, -0.05) is 0 Å². The summed E-state index contributed by atoms with van der Waals surface area (Å²) in [6.07, 6.45) is 1.71. The SMILES string of the molecule is Cc1cc2cn(-c3ccc(C(=O)NCCONC(=N)N)cc3)c(=O)nc2[nH]1. The lowest BCUT2D eigenvalue weighted by atomic mass is 10.2. The number of hydroxylamine groups is 1. The Morgan fingerprint density at radius 3 is 2.81 bits per heavy atom. The second kappa shape index (κ2) is 7.70. The first kappa shape index (κ1) is 18.1. The predicted molar refractivity (Wildman–Crippen MR) is 99.8 cm³/mol. The number of carbonyl (C=O) groups is 1. The lowest BCUT2D eigenvalue weighted by Gasteiger charge is -2.08. The summed E-state index contributed by atoms with van der Waals surface area (Å²) < 4.78 is 1.43. The fourth-order valence-corrected chi connectivity index (χ4v) is 2.54. The molecule has 0 aliphatic rings. The second-order valence-electron chi connectivity index (χ2n) is 5.82. The lowest BCUT2D eigenvalue weighted by Crippen LogP contribution is -2.34. The average molecular weight is 369 g/mol. The Morgan fingerprint density at radius 1 is 1.37 bits per heavy atom. The zero-order valence-corrected chi connectivity index (χ0v) is 14.6. The van der Waals surface area contributed by atoms with Crippen LogP contribution in [-0.2, 0) is 4.84 Å². The Morgan fingerprint density at radius 2 is 2.11 bits per heavy atom. The fraction of sp³-hybridized carbons (Fsp3) is 0.176. The van der Waals surface area contributed by atoms with E-state index in [0.29, 0.717) is 16.9 Å². The van der Waals surface area contributed by atoms with Crippen LogP contribution in [0.25, 0.3) is 16.7 Å². The number of nitrogens with one attached hydrogen (secondary N) is 4. The van der Waals surface area contributed by atoms with E-state index >= 15 is 0 Å². The fourth-order valence-electron chi connectivity index (χ4n) is 2.54. The van der Waals surface area contributed by atoms with Crippen molar-refractivity contribution in [2.45, 2.75) is 6.92 Å². The number of H-pyrrole nitrogens is 1. The summed E-state index contributed by atoms with van der Waals surface area (Å²) in [5.41, 5.74) is 9.35. The molecule has 0 spiro atoms. The maximum atomic E-state index is 12.2. The highest BCUT2D eigenvalue weighted by atomic mass is 16.6. The molecule has 0 saturated carbocycles. The normalized spacial score (nSPS) is 10.7. The summed E-state index contributed by atoms with van der Waals surface area (Å²) >= 11 is 0. The molecular formula is C17H19N7O3. The number of aromatic nitrogens is 3. The molecule has 2 aromatic heterocycles. The minimum absolute atomic E-state index is 0.153. The van der Waals surface area contributed by atoms with Gasteiger partial charge < -0.3 is 16.0 Å². The molecule has 3 rings (SSSR count). The molecule has 0 fully saturated rings. The van der Waals surface area contributed by atoms with E-state index in [2.05, 4.69) is 20.8 Å². The summed E-state index contributed by atoms with van der Waals surface area (Å²) in [6, 6.07) is 8.51. The highest BCUT2D eigenvalue weighted by Crippen LogP contribution is 2.13. The minimum Gasteiger partial charge on any atom is -0.368 e. The predicted octanol–water partition coefficient (Wildman–Crippen LogP) is 0.167. The van der Waals surface area contributed by atoms with Crippen LogP contribution in [0.4, 0.5) is 0 Å². The molecule has 1 aromatic carbocycles. The molecular weight excluding hydrogens is 350 g/mol. The van der Waals surface area contributed by atoms with Crippen LogP contribution in [0.3, 0.4) is 0 Å². The van der Waals surface area contributed by atoms with Crippen molar-refractivity contribution in [2.24, 2.45) is 5.73 Å². The van der Waals surface area contributed by atoms with Crippen molar-refractivity contribution in [3.8, 4) is 5.69 Å². The number of fused-ring (bicyclic) bond motifs is 1. The largest absolute Gasteiger partial charge is 0.368 e. The van der Waals surface area contributed by atoms with Gasteiger partial charge in [-0.15, -0.1) is 0 Å². The summed E-state index contributed by atoms with van der Waals surface area (Å²) in [7, 11) is 0. The molecule has 0 unspecified atom stereocenters. The molecule has 6 N–H and O–H groups in total. The highest BCUT2D eigenvalue weighted by Gasteiger charge is 2.08. The summed E-state index contributed by atoms with van der Waals surface area (Å²) in [5.74, 6) is -0.593. The van der Waals surface area contributed by atoms with Gasteiger partial charge in [0, 0.05) is 29.4 Å². The molecule has 0 atom stereocenters. The van der Waals surface area contributed by atoms with E-state index in [0.717, 1.165) is 11.1 Å². The van der Waals surface area contributed by atoms with Gasteiger partial charge in [0.1, 0.15) is 5.65 Å². The first-order valence-corrected chi connectivity index (χ1v) is 8.13. The number of nitrogens with two attached hydrogens (primary N) is 1. The number of aromatic amines is 1.